The number of nitrogens with zero attached hydrogens (tertiary/aromatic N) is 3. The summed E-state index contributed by atoms with van der Waals surface area (Å²) in [6, 6.07) is 14.0. The summed E-state index contributed by atoms with van der Waals surface area (Å²) >= 11 is 0. The van der Waals surface area contributed by atoms with Crippen molar-refractivity contribution in [3.8, 4) is 0 Å². The second-order valence-corrected chi connectivity index (χ2v) is 6.99. The van der Waals surface area contributed by atoms with Crippen LogP contribution in [0.1, 0.15) is 27.9 Å². The van der Waals surface area contributed by atoms with Crippen molar-refractivity contribution in [1.29, 1.82) is 0 Å². The van der Waals surface area contributed by atoms with E-state index < -0.39 is 0 Å². The molecule has 0 saturated carbocycles. The quantitative estimate of drug-likeness (QED) is 0.680. The molecule has 2 heterocycles. The van der Waals surface area contributed by atoms with Gasteiger partial charge in [0.2, 0.25) is 0 Å². The maximum atomic E-state index is 13.1. The Labute approximate surface area is 151 Å². The highest BCUT2D eigenvalue weighted by molar-refractivity contribution is 5.97. The fourth-order valence-corrected chi connectivity index (χ4v) is 4.20. The minimum absolute atomic E-state index is 0.0320. The fourth-order valence-electron chi connectivity index (χ4n) is 4.20. The molecule has 0 radical (unpaired) electrons. The Morgan fingerprint density at radius 3 is 2.85 bits per heavy atom. The number of amides is 1. The van der Waals surface area contributed by atoms with Gasteiger partial charge in [-0.3, -0.25) is 14.8 Å². The van der Waals surface area contributed by atoms with Crippen molar-refractivity contribution >= 4 is 16.9 Å². The first-order valence-corrected chi connectivity index (χ1v) is 8.98. The van der Waals surface area contributed by atoms with Crippen molar-refractivity contribution in [2.45, 2.75) is 18.4 Å². The summed E-state index contributed by atoms with van der Waals surface area (Å²) in [4.78, 5) is 23.6. The Balaban J connectivity index is 1.45. The average Bonchev–Trinajstić information content (AvgIpc) is 3.05. The lowest BCUT2D eigenvalue weighted by molar-refractivity contribution is -0.103. The molecule has 0 bridgehead atoms. The Kier molecular flexibility index (Phi) is 3.50. The summed E-state index contributed by atoms with van der Waals surface area (Å²) in [6.45, 7) is 1.77. The molecule has 1 saturated heterocycles. The van der Waals surface area contributed by atoms with Gasteiger partial charge in [-0.05, 0) is 42.2 Å². The lowest BCUT2D eigenvalue weighted by atomic mass is 9.93. The molecule has 5 rings (SSSR count). The highest BCUT2D eigenvalue weighted by atomic mass is 16.5. The van der Waals surface area contributed by atoms with Gasteiger partial charge in [0.1, 0.15) is 5.60 Å². The van der Waals surface area contributed by atoms with E-state index in [9.17, 15) is 4.79 Å². The van der Waals surface area contributed by atoms with E-state index in [1.807, 2.05) is 23.1 Å². The van der Waals surface area contributed by atoms with Crippen molar-refractivity contribution < 1.29 is 9.53 Å². The molecule has 1 spiro atoms. The molecule has 1 aliphatic heterocycles. The molecule has 2 aliphatic rings. The molecule has 0 N–H and O–H groups in total. The Bertz CT molecular complexity index is 999. The highest BCUT2D eigenvalue weighted by Gasteiger charge is 2.44. The molecule has 1 aromatic heterocycles. The summed E-state index contributed by atoms with van der Waals surface area (Å²) in [7, 11) is 0. The van der Waals surface area contributed by atoms with Crippen LogP contribution in [0, 0.1) is 0 Å². The van der Waals surface area contributed by atoms with Crippen molar-refractivity contribution in [2.24, 2.45) is 0 Å². The number of benzene rings is 2. The van der Waals surface area contributed by atoms with Crippen LogP contribution in [0.5, 0.6) is 0 Å². The van der Waals surface area contributed by atoms with E-state index in [2.05, 4.69) is 34.2 Å². The SMILES string of the molecule is O=C(c1ccc2nccnc2c1)N1CCOC2(CCc3ccccc32)C1. The topological polar surface area (TPSA) is 55.3 Å². The molecule has 1 atom stereocenters. The number of rotatable bonds is 1. The van der Waals surface area contributed by atoms with Crippen LogP contribution in [-0.2, 0) is 16.8 Å². The van der Waals surface area contributed by atoms with Gasteiger partial charge in [0, 0.05) is 24.5 Å². The van der Waals surface area contributed by atoms with E-state index in [1.165, 1.54) is 11.1 Å². The predicted octanol–water partition coefficient (Wildman–Crippen LogP) is 2.94. The van der Waals surface area contributed by atoms with Gasteiger partial charge < -0.3 is 9.64 Å². The zero-order chi connectivity index (χ0) is 17.6. The number of ether oxygens (including phenoxy) is 1. The van der Waals surface area contributed by atoms with Gasteiger partial charge in [-0.15, -0.1) is 0 Å². The number of fused-ring (bicyclic) bond motifs is 3. The Hall–Kier alpha value is -2.79. The van der Waals surface area contributed by atoms with Crippen LogP contribution >= 0.6 is 0 Å². The van der Waals surface area contributed by atoms with Crippen LogP contribution in [0.3, 0.4) is 0 Å². The third kappa shape index (κ3) is 2.39. The largest absolute Gasteiger partial charge is 0.367 e. The van der Waals surface area contributed by atoms with Crippen molar-refractivity contribution in [3.05, 3.63) is 71.5 Å². The first kappa shape index (κ1) is 15.5. The number of carbonyl (C=O) groups is 1. The smallest absolute Gasteiger partial charge is 0.254 e. The van der Waals surface area contributed by atoms with Gasteiger partial charge in [-0.1, -0.05) is 24.3 Å². The normalized spacial score (nSPS) is 21.9. The number of aromatic nitrogens is 2. The summed E-state index contributed by atoms with van der Waals surface area (Å²) < 4.78 is 6.22. The van der Waals surface area contributed by atoms with E-state index in [0.29, 0.717) is 25.3 Å². The number of hydrogen-bond donors (Lipinski definition) is 0. The van der Waals surface area contributed by atoms with Crippen molar-refractivity contribution in [2.75, 3.05) is 19.7 Å². The van der Waals surface area contributed by atoms with Crippen LogP contribution in [0.2, 0.25) is 0 Å². The maximum Gasteiger partial charge on any atom is 0.254 e. The molecule has 5 heteroatoms. The molecule has 26 heavy (non-hydrogen) atoms. The molecule has 5 nitrogen and oxygen atoms in total. The van der Waals surface area contributed by atoms with Gasteiger partial charge in [0.15, 0.2) is 0 Å². The van der Waals surface area contributed by atoms with E-state index in [4.69, 9.17) is 4.74 Å². The number of hydrogen-bond acceptors (Lipinski definition) is 4. The molecule has 1 fully saturated rings. The molecular formula is C21H19N3O2. The number of carbonyl (C=O) groups excluding carboxylic acids is 1. The van der Waals surface area contributed by atoms with Crippen LogP contribution in [0.15, 0.2) is 54.9 Å². The lowest BCUT2D eigenvalue weighted by Gasteiger charge is -2.41. The maximum absolute atomic E-state index is 13.1. The van der Waals surface area contributed by atoms with Crippen molar-refractivity contribution in [3.63, 3.8) is 0 Å². The summed E-state index contributed by atoms with van der Waals surface area (Å²) in [5.41, 5.74) is 4.41. The number of aryl methyl sites for hydroxylation is 1. The van der Waals surface area contributed by atoms with Crippen LogP contribution in [0.25, 0.3) is 11.0 Å². The van der Waals surface area contributed by atoms with E-state index in [1.54, 1.807) is 12.4 Å². The number of morpholine rings is 1. The lowest BCUT2D eigenvalue weighted by Crippen LogP contribution is -2.51. The average molecular weight is 345 g/mol. The summed E-state index contributed by atoms with van der Waals surface area (Å²) in [5.74, 6) is 0.0320. The zero-order valence-corrected chi connectivity index (χ0v) is 14.4. The van der Waals surface area contributed by atoms with Crippen molar-refractivity contribution in [1.82, 2.24) is 14.9 Å². The first-order valence-electron chi connectivity index (χ1n) is 8.98. The Morgan fingerprint density at radius 2 is 1.92 bits per heavy atom. The molecular weight excluding hydrogens is 326 g/mol. The minimum Gasteiger partial charge on any atom is -0.367 e. The Morgan fingerprint density at radius 1 is 1.08 bits per heavy atom. The zero-order valence-electron chi connectivity index (χ0n) is 14.4. The molecule has 1 unspecified atom stereocenters. The minimum atomic E-state index is -0.360. The van der Waals surface area contributed by atoms with Crippen LogP contribution in [-0.4, -0.2) is 40.5 Å². The summed E-state index contributed by atoms with van der Waals surface area (Å²) in [5, 5.41) is 0. The third-order valence-electron chi connectivity index (χ3n) is 5.50. The second-order valence-electron chi connectivity index (χ2n) is 6.99. The molecule has 1 aliphatic carbocycles. The standard InChI is InChI=1S/C21H19N3O2/c25-20(16-5-6-18-19(13-16)23-10-9-22-18)24-11-12-26-21(14-24)8-7-15-3-1-2-4-17(15)21/h1-6,9-10,13H,7-8,11-12,14H2. The molecule has 2 aromatic carbocycles. The van der Waals surface area contributed by atoms with E-state index in [-0.39, 0.29) is 11.5 Å². The second kappa shape index (κ2) is 5.88. The monoisotopic (exact) mass is 345 g/mol. The summed E-state index contributed by atoms with van der Waals surface area (Å²) in [6.07, 6.45) is 5.24. The molecule has 1 amide bonds. The van der Waals surface area contributed by atoms with Crippen LogP contribution < -0.4 is 0 Å². The van der Waals surface area contributed by atoms with E-state index >= 15 is 0 Å². The fraction of sp³-hybridized carbons (Fsp3) is 0.286. The van der Waals surface area contributed by atoms with Crippen LogP contribution in [0.4, 0.5) is 0 Å². The molecule has 130 valence electrons. The van der Waals surface area contributed by atoms with E-state index in [0.717, 1.165) is 23.9 Å². The molecule has 3 aromatic rings. The highest BCUT2D eigenvalue weighted by Crippen LogP contribution is 2.42. The third-order valence-corrected chi connectivity index (χ3v) is 5.50. The van der Waals surface area contributed by atoms with Gasteiger partial charge in [-0.25, -0.2) is 0 Å². The predicted molar refractivity (Wildman–Crippen MR) is 97.8 cm³/mol. The van der Waals surface area contributed by atoms with Gasteiger partial charge in [0.25, 0.3) is 5.91 Å². The van der Waals surface area contributed by atoms with Gasteiger partial charge >= 0.3 is 0 Å². The van der Waals surface area contributed by atoms with Gasteiger partial charge in [0.05, 0.1) is 24.2 Å². The first-order chi connectivity index (χ1) is 12.8. The van der Waals surface area contributed by atoms with Gasteiger partial charge in [-0.2, -0.15) is 0 Å².